The van der Waals surface area contributed by atoms with E-state index in [1.807, 2.05) is 13.8 Å². The zero-order chi connectivity index (χ0) is 9.14. The molecule has 1 rings (SSSR count). The van der Waals surface area contributed by atoms with Crippen LogP contribution >= 0.6 is 0 Å². The van der Waals surface area contributed by atoms with Gasteiger partial charge < -0.3 is 9.64 Å². The van der Waals surface area contributed by atoms with Crippen LogP contribution in [0.25, 0.3) is 0 Å². The maximum atomic E-state index is 11.2. The highest BCUT2D eigenvalue weighted by Crippen LogP contribution is 2.10. The first-order valence-electron chi connectivity index (χ1n) is 4.20. The van der Waals surface area contributed by atoms with Crippen LogP contribution in [0.2, 0.25) is 0 Å². The van der Waals surface area contributed by atoms with Crippen LogP contribution in [0.3, 0.4) is 0 Å². The lowest BCUT2D eigenvalue weighted by Gasteiger charge is -2.34. The van der Waals surface area contributed by atoms with Crippen LogP contribution in [0, 0.1) is 0 Å². The Morgan fingerprint density at radius 1 is 1.50 bits per heavy atom. The van der Waals surface area contributed by atoms with Crippen molar-refractivity contribution in [2.45, 2.75) is 26.1 Å². The van der Waals surface area contributed by atoms with Crippen molar-refractivity contribution in [1.82, 2.24) is 4.90 Å². The minimum absolute atomic E-state index is 0.00278. The van der Waals surface area contributed by atoms with Crippen molar-refractivity contribution in [2.75, 3.05) is 13.1 Å². The molecular formula is C9H15NO2. The van der Waals surface area contributed by atoms with E-state index in [-0.39, 0.29) is 18.1 Å². The number of ether oxygens (including phenoxy) is 1. The van der Waals surface area contributed by atoms with Crippen LogP contribution in [0.15, 0.2) is 12.7 Å². The van der Waals surface area contributed by atoms with Crippen molar-refractivity contribution >= 4 is 5.91 Å². The van der Waals surface area contributed by atoms with E-state index in [0.29, 0.717) is 13.1 Å². The molecule has 0 unspecified atom stereocenters. The van der Waals surface area contributed by atoms with Gasteiger partial charge in [-0.25, -0.2) is 0 Å². The molecule has 0 spiro atoms. The first-order valence-corrected chi connectivity index (χ1v) is 4.20. The molecule has 0 N–H and O–H groups in total. The summed E-state index contributed by atoms with van der Waals surface area (Å²) in [4.78, 5) is 13.0. The van der Waals surface area contributed by atoms with Gasteiger partial charge >= 0.3 is 0 Å². The molecular weight excluding hydrogens is 154 g/mol. The summed E-state index contributed by atoms with van der Waals surface area (Å²) in [5, 5.41) is 0. The number of hydrogen-bond donors (Lipinski definition) is 0. The number of hydrogen-bond acceptors (Lipinski definition) is 2. The molecule has 0 aliphatic carbocycles. The van der Waals surface area contributed by atoms with E-state index in [1.165, 1.54) is 6.08 Å². The lowest BCUT2D eigenvalue weighted by atomic mass is 10.2. The van der Waals surface area contributed by atoms with E-state index >= 15 is 0 Å². The molecule has 1 fully saturated rings. The Morgan fingerprint density at radius 2 is 2.00 bits per heavy atom. The molecule has 0 aromatic carbocycles. The Morgan fingerprint density at radius 3 is 2.42 bits per heavy atom. The predicted molar refractivity (Wildman–Crippen MR) is 46.8 cm³/mol. The third kappa shape index (κ3) is 2.08. The molecule has 0 bridgehead atoms. The van der Waals surface area contributed by atoms with Crippen molar-refractivity contribution in [3.8, 4) is 0 Å². The van der Waals surface area contributed by atoms with Gasteiger partial charge in [0.1, 0.15) is 0 Å². The van der Waals surface area contributed by atoms with Crippen molar-refractivity contribution in [2.24, 2.45) is 0 Å². The van der Waals surface area contributed by atoms with Crippen molar-refractivity contribution in [1.29, 1.82) is 0 Å². The van der Waals surface area contributed by atoms with E-state index in [4.69, 9.17) is 4.74 Å². The van der Waals surface area contributed by atoms with E-state index in [0.717, 1.165) is 0 Å². The molecule has 0 radical (unpaired) electrons. The minimum atomic E-state index is -0.00278. The Labute approximate surface area is 73.0 Å². The number of morpholine rings is 1. The monoisotopic (exact) mass is 169 g/mol. The zero-order valence-electron chi connectivity index (χ0n) is 7.62. The molecule has 1 saturated heterocycles. The summed E-state index contributed by atoms with van der Waals surface area (Å²) in [5.41, 5.74) is 0. The first kappa shape index (κ1) is 9.26. The summed E-state index contributed by atoms with van der Waals surface area (Å²) in [7, 11) is 0. The summed E-state index contributed by atoms with van der Waals surface area (Å²) < 4.78 is 5.48. The number of carbonyl (C=O) groups is 1. The molecule has 12 heavy (non-hydrogen) atoms. The van der Waals surface area contributed by atoms with Gasteiger partial charge in [0.2, 0.25) is 5.91 Å². The SMILES string of the molecule is C=CC(=O)N1C[C@H](C)O[C@@H](C)C1. The van der Waals surface area contributed by atoms with E-state index in [2.05, 4.69) is 6.58 Å². The molecule has 0 saturated carbocycles. The highest BCUT2D eigenvalue weighted by molar-refractivity contribution is 5.87. The molecule has 68 valence electrons. The fourth-order valence-electron chi connectivity index (χ4n) is 1.49. The second-order valence-electron chi connectivity index (χ2n) is 3.20. The minimum Gasteiger partial charge on any atom is -0.372 e. The summed E-state index contributed by atoms with van der Waals surface area (Å²) in [5.74, 6) is -0.00278. The second-order valence-corrected chi connectivity index (χ2v) is 3.20. The lowest BCUT2D eigenvalue weighted by molar-refractivity contribution is -0.138. The van der Waals surface area contributed by atoms with Crippen LogP contribution in [0.1, 0.15) is 13.8 Å². The largest absolute Gasteiger partial charge is 0.372 e. The summed E-state index contributed by atoms with van der Waals surface area (Å²) in [6.07, 6.45) is 1.63. The summed E-state index contributed by atoms with van der Waals surface area (Å²) in [6.45, 7) is 8.75. The predicted octanol–water partition coefficient (Wildman–Crippen LogP) is 0.808. The number of rotatable bonds is 1. The summed E-state index contributed by atoms with van der Waals surface area (Å²) >= 11 is 0. The van der Waals surface area contributed by atoms with E-state index < -0.39 is 0 Å². The van der Waals surface area contributed by atoms with Gasteiger partial charge in [0.15, 0.2) is 0 Å². The third-order valence-corrected chi connectivity index (χ3v) is 1.91. The normalized spacial score (nSPS) is 30.0. The third-order valence-electron chi connectivity index (χ3n) is 1.91. The molecule has 1 aliphatic heterocycles. The average molecular weight is 169 g/mol. The Balaban J connectivity index is 2.54. The number of nitrogens with zero attached hydrogens (tertiary/aromatic N) is 1. The van der Waals surface area contributed by atoms with Gasteiger partial charge in [0.05, 0.1) is 12.2 Å². The van der Waals surface area contributed by atoms with Gasteiger partial charge in [-0.2, -0.15) is 0 Å². The van der Waals surface area contributed by atoms with Gasteiger partial charge in [-0.3, -0.25) is 4.79 Å². The maximum Gasteiger partial charge on any atom is 0.246 e. The molecule has 1 amide bonds. The van der Waals surface area contributed by atoms with Crippen LogP contribution in [0.5, 0.6) is 0 Å². The molecule has 2 atom stereocenters. The second kappa shape index (κ2) is 3.72. The van der Waals surface area contributed by atoms with Gasteiger partial charge in [-0.1, -0.05) is 6.58 Å². The summed E-state index contributed by atoms with van der Waals surface area (Å²) in [6, 6.07) is 0. The van der Waals surface area contributed by atoms with E-state index in [1.54, 1.807) is 4.90 Å². The topological polar surface area (TPSA) is 29.5 Å². The van der Waals surface area contributed by atoms with Crippen molar-refractivity contribution < 1.29 is 9.53 Å². The molecule has 3 nitrogen and oxygen atoms in total. The molecule has 3 heteroatoms. The van der Waals surface area contributed by atoms with Crippen molar-refractivity contribution in [3.05, 3.63) is 12.7 Å². The Hall–Kier alpha value is -0.830. The van der Waals surface area contributed by atoms with Gasteiger partial charge in [0, 0.05) is 13.1 Å². The zero-order valence-corrected chi connectivity index (χ0v) is 7.62. The van der Waals surface area contributed by atoms with Crippen LogP contribution in [0.4, 0.5) is 0 Å². The quantitative estimate of drug-likeness (QED) is 0.544. The fourth-order valence-corrected chi connectivity index (χ4v) is 1.49. The number of carbonyl (C=O) groups excluding carboxylic acids is 1. The van der Waals surface area contributed by atoms with Crippen LogP contribution < -0.4 is 0 Å². The lowest BCUT2D eigenvalue weighted by Crippen LogP contribution is -2.47. The highest BCUT2D eigenvalue weighted by Gasteiger charge is 2.23. The van der Waals surface area contributed by atoms with Gasteiger partial charge in [-0.05, 0) is 19.9 Å². The Kier molecular flexibility index (Phi) is 2.87. The Bertz CT molecular complexity index is 181. The first-order chi connectivity index (χ1) is 5.63. The standard InChI is InChI=1S/C9H15NO2/c1-4-9(11)10-5-7(2)12-8(3)6-10/h4,7-8H,1,5-6H2,2-3H3/t7-,8-/m0/s1. The number of amides is 1. The van der Waals surface area contributed by atoms with Crippen LogP contribution in [-0.4, -0.2) is 36.1 Å². The van der Waals surface area contributed by atoms with Crippen molar-refractivity contribution in [3.63, 3.8) is 0 Å². The maximum absolute atomic E-state index is 11.2. The van der Waals surface area contributed by atoms with Gasteiger partial charge in [0.25, 0.3) is 0 Å². The average Bonchev–Trinajstić information content (AvgIpc) is 2.01. The molecule has 0 aromatic heterocycles. The smallest absolute Gasteiger partial charge is 0.246 e. The molecule has 1 heterocycles. The molecule has 1 aliphatic rings. The van der Waals surface area contributed by atoms with Crippen LogP contribution in [-0.2, 0) is 9.53 Å². The van der Waals surface area contributed by atoms with E-state index in [9.17, 15) is 4.79 Å². The fraction of sp³-hybridized carbons (Fsp3) is 0.667. The highest BCUT2D eigenvalue weighted by atomic mass is 16.5. The molecule has 0 aromatic rings. The van der Waals surface area contributed by atoms with Gasteiger partial charge in [-0.15, -0.1) is 0 Å².